The van der Waals surface area contributed by atoms with Crippen LogP contribution in [0.1, 0.15) is 11.1 Å². The Morgan fingerprint density at radius 2 is 1.90 bits per heavy atom. The van der Waals surface area contributed by atoms with Crippen LogP contribution in [0.25, 0.3) is 11.4 Å². The van der Waals surface area contributed by atoms with Gasteiger partial charge in [0.05, 0.1) is 6.54 Å². The van der Waals surface area contributed by atoms with Crippen molar-refractivity contribution in [3.63, 3.8) is 0 Å². The first-order valence-corrected chi connectivity index (χ1v) is 6.50. The van der Waals surface area contributed by atoms with Crippen molar-refractivity contribution in [1.29, 1.82) is 0 Å². The molecule has 2 aromatic carbocycles. The third kappa shape index (κ3) is 2.74. The van der Waals surface area contributed by atoms with Gasteiger partial charge < -0.3 is 5.73 Å². The van der Waals surface area contributed by atoms with Gasteiger partial charge >= 0.3 is 0 Å². The van der Waals surface area contributed by atoms with Gasteiger partial charge in [-0.15, -0.1) is 5.10 Å². The van der Waals surface area contributed by atoms with E-state index in [1.165, 1.54) is 12.1 Å². The Morgan fingerprint density at radius 3 is 2.62 bits per heavy atom. The number of hydrogen-bond donors (Lipinski definition) is 1. The average Bonchev–Trinajstić information content (AvgIpc) is 2.89. The van der Waals surface area contributed by atoms with Crippen LogP contribution in [0.2, 0.25) is 0 Å². The Hall–Kier alpha value is -2.76. The minimum atomic E-state index is -0.259. The third-order valence-corrected chi connectivity index (χ3v) is 3.27. The summed E-state index contributed by atoms with van der Waals surface area (Å²) in [6, 6.07) is 11.9. The summed E-state index contributed by atoms with van der Waals surface area (Å²) in [5, 5.41) is 11.8. The Balaban J connectivity index is 1.95. The molecule has 21 heavy (non-hydrogen) atoms. The van der Waals surface area contributed by atoms with Crippen LogP contribution in [0.5, 0.6) is 0 Å². The molecule has 0 atom stereocenters. The monoisotopic (exact) mass is 283 g/mol. The number of nitrogens with two attached hydrogens (primary N) is 1. The third-order valence-electron chi connectivity index (χ3n) is 3.27. The van der Waals surface area contributed by atoms with E-state index in [2.05, 4.69) is 15.5 Å². The van der Waals surface area contributed by atoms with Crippen LogP contribution in [0.15, 0.2) is 42.5 Å². The molecule has 0 amide bonds. The van der Waals surface area contributed by atoms with Gasteiger partial charge in [0.25, 0.3) is 0 Å². The van der Waals surface area contributed by atoms with Crippen molar-refractivity contribution < 1.29 is 4.39 Å². The summed E-state index contributed by atoms with van der Waals surface area (Å²) >= 11 is 0. The Kier molecular flexibility index (Phi) is 3.35. The number of nitrogen functional groups attached to an aromatic ring is 1. The van der Waals surface area contributed by atoms with Crippen LogP contribution < -0.4 is 5.73 Å². The normalized spacial score (nSPS) is 10.8. The summed E-state index contributed by atoms with van der Waals surface area (Å²) in [7, 11) is 0. The van der Waals surface area contributed by atoms with Crippen LogP contribution in [0, 0.1) is 12.7 Å². The van der Waals surface area contributed by atoms with E-state index < -0.39 is 0 Å². The van der Waals surface area contributed by atoms with Crippen LogP contribution in [-0.4, -0.2) is 20.2 Å². The molecular formula is C15H14FN5. The SMILES string of the molecule is Cc1cc(N)ccc1-c1nnnn1Cc1ccc(F)cc1. The van der Waals surface area contributed by atoms with Gasteiger partial charge in [0.15, 0.2) is 5.82 Å². The summed E-state index contributed by atoms with van der Waals surface area (Å²) in [5.41, 5.74) is 9.33. The molecule has 1 heterocycles. The van der Waals surface area contributed by atoms with E-state index >= 15 is 0 Å². The predicted octanol–water partition coefficient (Wildman–Crippen LogP) is 2.42. The largest absolute Gasteiger partial charge is 0.399 e. The topological polar surface area (TPSA) is 69.6 Å². The minimum absolute atomic E-state index is 0.259. The van der Waals surface area contributed by atoms with Crippen molar-refractivity contribution in [1.82, 2.24) is 20.2 Å². The van der Waals surface area contributed by atoms with Crippen molar-refractivity contribution in [3.05, 3.63) is 59.4 Å². The second kappa shape index (κ2) is 5.32. The van der Waals surface area contributed by atoms with Crippen molar-refractivity contribution in [3.8, 4) is 11.4 Å². The lowest BCUT2D eigenvalue weighted by Gasteiger charge is -2.08. The first-order chi connectivity index (χ1) is 10.1. The highest BCUT2D eigenvalue weighted by atomic mass is 19.1. The van der Waals surface area contributed by atoms with Gasteiger partial charge in [-0.2, -0.15) is 0 Å². The van der Waals surface area contributed by atoms with E-state index in [1.807, 2.05) is 25.1 Å². The van der Waals surface area contributed by atoms with Crippen LogP contribution >= 0.6 is 0 Å². The standard InChI is InChI=1S/C15H14FN5/c1-10-8-13(17)6-7-14(10)15-18-19-20-21(15)9-11-2-4-12(16)5-3-11/h2-8H,9,17H2,1H3. The van der Waals surface area contributed by atoms with E-state index in [-0.39, 0.29) is 5.82 Å². The van der Waals surface area contributed by atoms with Gasteiger partial charge in [0, 0.05) is 11.3 Å². The molecule has 0 aliphatic heterocycles. The van der Waals surface area contributed by atoms with Crippen LogP contribution in [-0.2, 0) is 6.54 Å². The Bertz CT molecular complexity index is 764. The summed E-state index contributed by atoms with van der Waals surface area (Å²) in [4.78, 5) is 0. The number of anilines is 1. The molecule has 106 valence electrons. The van der Waals surface area contributed by atoms with Gasteiger partial charge in [-0.05, 0) is 58.8 Å². The summed E-state index contributed by atoms with van der Waals surface area (Å²) in [6.45, 7) is 2.44. The quantitative estimate of drug-likeness (QED) is 0.749. The first kappa shape index (κ1) is 13.2. The molecule has 0 radical (unpaired) electrons. The maximum Gasteiger partial charge on any atom is 0.182 e. The molecular weight excluding hydrogens is 269 g/mol. The second-order valence-corrected chi connectivity index (χ2v) is 4.86. The van der Waals surface area contributed by atoms with Crippen molar-refractivity contribution in [2.75, 3.05) is 5.73 Å². The Labute approximate surface area is 121 Å². The molecule has 0 bridgehead atoms. The number of aromatic nitrogens is 4. The zero-order chi connectivity index (χ0) is 14.8. The summed E-state index contributed by atoms with van der Waals surface area (Å²) < 4.78 is 14.6. The van der Waals surface area contributed by atoms with E-state index in [1.54, 1.807) is 16.8 Å². The van der Waals surface area contributed by atoms with E-state index in [0.29, 0.717) is 18.1 Å². The molecule has 3 aromatic rings. The highest BCUT2D eigenvalue weighted by Crippen LogP contribution is 2.23. The maximum absolute atomic E-state index is 12.9. The fraction of sp³-hybridized carbons (Fsp3) is 0.133. The number of hydrogen-bond acceptors (Lipinski definition) is 4. The number of tetrazole rings is 1. The molecule has 0 spiro atoms. The highest BCUT2D eigenvalue weighted by molar-refractivity contribution is 5.63. The van der Waals surface area contributed by atoms with E-state index in [4.69, 9.17) is 5.73 Å². The zero-order valence-electron chi connectivity index (χ0n) is 11.5. The number of halogens is 1. The molecule has 5 nitrogen and oxygen atoms in total. The number of aryl methyl sites for hydroxylation is 1. The molecule has 0 aliphatic rings. The van der Waals surface area contributed by atoms with E-state index in [0.717, 1.165) is 16.7 Å². The van der Waals surface area contributed by atoms with Crippen LogP contribution in [0.4, 0.5) is 10.1 Å². The summed E-state index contributed by atoms with van der Waals surface area (Å²) in [6.07, 6.45) is 0. The zero-order valence-corrected chi connectivity index (χ0v) is 11.5. The molecule has 0 saturated heterocycles. The molecule has 0 saturated carbocycles. The van der Waals surface area contributed by atoms with Crippen molar-refractivity contribution in [2.24, 2.45) is 0 Å². The predicted molar refractivity (Wildman–Crippen MR) is 77.9 cm³/mol. The minimum Gasteiger partial charge on any atom is -0.399 e. The molecule has 0 aliphatic carbocycles. The molecule has 0 unspecified atom stereocenters. The Morgan fingerprint density at radius 1 is 1.14 bits per heavy atom. The molecule has 6 heteroatoms. The molecule has 2 N–H and O–H groups in total. The highest BCUT2D eigenvalue weighted by Gasteiger charge is 2.12. The molecule has 0 fully saturated rings. The maximum atomic E-state index is 12.9. The van der Waals surface area contributed by atoms with Gasteiger partial charge in [0.1, 0.15) is 5.82 Å². The number of nitrogens with zero attached hydrogens (tertiary/aromatic N) is 4. The van der Waals surface area contributed by atoms with E-state index in [9.17, 15) is 4.39 Å². The number of rotatable bonds is 3. The molecule has 1 aromatic heterocycles. The lowest BCUT2D eigenvalue weighted by atomic mass is 10.1. The smallest absolute Gasteiger partial charge is 0.182 e. The fourth-order valence-corrected chi connectivity index (χ4v) is 2.20. The van der Waals surface area contributed by atoms with Crippen LogP contribution in [0.3, 0.4) is 0 Å². The van der Waals surface area contributed by atoms with Crippen molar-refractivity contribution >= 4 is 5.69 Å². The fourth-order valence-electron chi connectivity index (χ4n) is 2.20. The number of benzene rings is 2. The molecule has 3 rings (SSSR count). The average molecular weight is 283 g/mol. The lowest BCUT2D eigenvalue weighted by Crippen LogP contribution is -2.05. The lowest BCUT2D eigenvalue weighted by molar-refractivity contribution is 0.622. The first-order valence-electron chi connectivity index (χ1n) is 6.50. The van der Waals surface area contributed by atoms with Gasteiger partial charge in [0.2, 0.25) is 0 Å². The van der Waals surface area contributed by atoms with Gasteiger partial charge in [-0.25, -0.2) is 9.07 Å². The summed E-state index contributed by atoms with van der Waals surface area (Å²) in [5.74, 6) is 0.405. The van der Waals surface area contributed by atoms with Gasteiger partial charge in [-0.3, -0.25) is 0 Å². The van der Waals surface area contributed by atoms with Crippen molar-refractivity contribution in [2.45, 2.75) is 13.5 Å². The van der Waals surface area contributed by atoms with Gasteiger partial charge in [-0.1, -0.05) is 12.1 Å². The second-order valence-electron chi connectivity index (χ2n) is 4.86.